The molecule has 0 fully saturated rings. The first kappa shape index (κ1) is 26.3. The van der Waals surface area contributed by atoms with Crippen molar-refractivity contribution < 1.29 is 4.42 Å². The van der Waals surface area contributed by atoms with E-state index >= 15 is 0 Å². The van der Waals surface area contributed by atoms with Gasteiger partial charge < -0.3 is 9.32 Å². The molecule has 2 aromatic heterocycles. The molecular weight excluding hydrogens is 591 g/mol. The second-order valence-electron chi connectivity index (χ2n) is 12.1. The van der Waals surface area contributed by atoms with Gasteiger partial charge in [0.25, 0.3) is 0 Å². The Morgan fingerprint density at radius 2 is 1.13 bits per heavy atom. The summed E-state index contributed by atoms with van der Waals surface area (Å²) < 4.78 is 9.10. The highest BCUT2D eigenvalue weighted by Crippen LogP contribution is 2.47. The van der Waals surface area contributed by atoms with Crippen LogP contribution in [-0.2, 0) is 0 Å². The minimum Gasteiger partial charge on any atom is -0.455 e. The van der Waals surface area contributed by atoms with Crippen molar-refractivity contribution in [2.75, 3.05) is 4.90 Å². The van der Waals surface area contributed by atoms with Crippen LogP contribution >= 0.6 is 11.3 Å². The number of rotatable bonds is 4. The van der Waals surface area contributed by atoms with E-state index in [1.807, 2.05) is 17.4 Å². The Balaban J connectivity index is 1.22. The minimum absolute atomic E-state index is 0.919. The van der Waals surface area contributed by atoms with Crippen LogP contribution in [0.5, 0.6) is 0 Å². The van der Waals surface area contributed by atoms with Gasteiger partial charge in [-0.25, -0.2) is 0 Å². The lowest BCUT2D eigenvalue weighted by atomic mass is 9.94. The maximum Gasteiger partial charge on any atom is 0.143 e. The summed E-state index contributed by atoms with van der Waals surface area (Å²) in [6, 6.07) is 58.9. The van der Waals surface area contributed by atoms with Crippen molar-refractivity contribution in [1.82, 2.24) is 0 Å². The van der Waals surface area contributed by atoms with Gasteiger partial charge in [0.15, 0.2) is 0 Å². The van der Waals surface area contributed by atoms with Gasteiger partial charge in [0.2, 0.25) is 0 Å². The van der Waals surface area contributed by atoms with Crippen LogP contribution in [0.1, 0.15) is 0 Å². The highest BCUT2D eigenvalue weighted by Gasteiger charge is 2.20. The Hall–Kier alpha value is -5.90. The predicted molar refractivity (Wildman–Crippen MR) is 202 cm³/mol. The predicted octanol–water partition coefficient (Wildman–Crippen LogP) is 13.4. The maximum absolute atomic E-state index is 6.52. The van der Waals surface area contributed by atoms with Crippen LogP contribution in [-0.4, -0.2) is 0 Å². The molecule has 0 saturated heterocycles. The van der Waals surface area contributed by atoms with E-state index in [0.717, 1.165) is 38.9 Å². The third kappa shape index (κ3) is 4.04. The van der Waals surface area contributed by atoms with Crippen LogP contribution in [0.2, 0.25) is 0 Å². The van der Waals surface area contributed by atoms with Gasteiger partial charge in [-0.15, -0.1) is 11.3 Å². The lowest BCUT2D eigenvalue weighted by molar-refractivity contribution is 0.670. The SMILES string of the molecule is c1ccc(N(c2ccc3c(c2)sc2c4ccccc4c(-c4cccc5c4oc4ccccc45)cc32)c2cccc3ccccc23)cc1. The van der Waals surface area contributed by atoms with Crippen LogP contribution in [0.4, 0.5) is 17.1 Å². The van der Waals surface area contributed by atoms with Crippen LogP contribution in [0.3, 0.4) is 0 Å². The summed E-state index contributed by atoms with van der Waals surface area (Å²) in [7, 11) is 0. The molecule has 2 heterocycles. The van der Waals surface area contributed by atoms with E-state index in [9.17, 15) is 0 Å². The Bertz CT molecular complexity index is 2800. The molecule has 0 aliphatic carbocycles. The molecule has 0 unspecified atom stereocenters. The number of hydrogen-bond acceptors (Lipinski definition) is 3. The van der Waals surface area contributed by atoms with E-state index in [1.165, 1.54) is 53.0 Å². The Kier molecular flexibility index (Phi) is 5.78. The minimum atomic E-state index is 0.919. The lowest BCUT2D eigenvalue weighted by Gasteiger charge is -2.27. The molecule has 2 nitrogen and oxygen atoms in total. The first-order chi connectivity index (χ1) is 23.3. The van der Waals surface area contributed by atoms with Gasteiger partial charge in [-0.2, -0.15) is 0 Å². The van der Waals surface area contributed by atoms with E-state index in [1.54, 1.807) is 0 Å². The number of anilines is 3. The number of hydrogen-bond donors (Lipinski definition) is 0. The molecule has 8 aromatic carbocycles. The molecule has 0 aliphatic rings. The van der Waals surface area contributed by atoms with Gasteiger partial charge in [-0.05, 0) is 58.8 Å². The Morgan fingerprint density at radius 1 is 0.426 bits per heavy atom. The van der Waals surface area contributed by atoms with Crippen LogP contribution in [0.15, 0.2) is 168 Å². The number of furan rings is 1. The van der Waals surface area contributed by atoms with Crippen molar-refractivity contribution in [2.45, 2.75) is 0 Å². The van der Waals surface area contributed by atoms with Gasteiger partial charge in [0.05, 0.1) is 5.69 Å². The van der Waals surface area contributed by atoms with Crippen molar-refractivity contribution in [2.24, 2.45) is 0 Å². The molecule has 0 amide bonds. The van der Waals surface area contributed by atoms with Crippen molar-refractivity contribution in [3.63, 3.8) is 0 Å². The fourth-order valence-corrected chi connectivity index (χ4v) is 8.57. The number of benzene rings is 8. The smallest absolute Gasteiger partial charge is 0.143 e. The second-order valence-corrected chi connectivity index (χ2v) is 13.1. The van der Waals surface area contributed by atoms with Crippen molar-refractivity contribution >= 4 is 92.1 Å². The first-order valence-electron chi connectivity index (χ1n) is 15.9. The van der Waals surface area contributed by atoms with Crippen molar-refractivity contribution in [1.29, 1.82) is 0 Å². The summed E-state index contributed by atoms with van der Waals surface area (Å²) in [5, 5.41) is 9.80. The highest BCUT2D eigenvalue weighted by atomic mass is 32.1. The molecule has 0 saturated carbocycles. The zero-order valence-electron chi connectivity index (χ0n) is 25.4. The second kappa shape index (κ2) is 10.3. The van der Waals surface area contributed by atoms with Crippen LogP contribution < -0.4 is 4.90 Å². The normalized spacial score (nSPS) is 11.8. The molecule has 0 spiro atoms. The molecule has 10 aromatic rings. The first-order valence-corrected chi connectivity index (χ1v) is 16.7. The summed E-state index contributed by atoms with van der Waals surface area (Å²) in [6.07, 6.45) is 0. The molecule has 0 radical (unpaired) electrons. The monoisotopic (exact) mass is 617 g/mol. The summed E-state index contributed by atoms with van der Waals surface area (Å²) in [5.74, 6) is 0. The molecule has 0 atom stereocenters. The Labute approximate surface area is 275 Å². The molecule has 220 valence electrons. The summed E-state index contributed by atoms with van der Waals surface area (Å²) in [6.45, 7) is 0. The van der Waals surface area contributed by atoms with E-state index in [-0.39, 0.29) is 0 Å². The average Bonchev–Trinajstić information content (AvgIpc) is 3.70. The largest absolute Gasteiger partial charge is 0.455 e. The molecular formula is C44H27NOS. The van der Waals surface area contributed by atoms with E-state index < -0.39 is 0 Å². The molecule has 0 bridgehead atoms. The Morgan fingerprint density at radius 3 is 2.02 bits per heavy atom. The molecule has 0 N–H and O–H groups in total. The number of nitrogens with zero attached hydrogens (tertiary/aromatic N) is 1. The average molecular weight is 618 g/mol. The van der Waals surface area contributed by atoms with Gasteiger partial charge >= 0.3 is 0 Å². The van der Waals surface area contributed by atoms with Crippen LogP contribution in [0, 0.1) is 0 Å². The van der Waals surface area contributed by atoms with E-state index in [0.29, 0.717) is 0 Å². The molecule has 0 aliphatic heterocycles. The van der Waals surface area contributed by atoms with Crippen molar-refractivity contribution in [3.8, 4) is 11.1 Å². The van der Waals surface area contributed by atoms with Gasteiger partial charge in [-0.3, -0.25) is 0 Å². The molecule has 3 heteroatoms. The summed E-state index contributed by atoms with van der Waals surface area (Å²) in [5.41, 5.74) is 7.62. The highest BCUT2D eigenvalue weighted by molar-refractivity contribution is 7.26. The third-order valence-corrected chi connectivity index (χ3v) is 10.6. The third-order valence-electron chi connectivity index (χ3n) is 9.44. The van der Waals surface area contributed by atoms with Gasteiger partial charge in [-0.1, -0.05) is 121 Å². The van der Waals surface area contributed by atoms with Crippen molar-refractivity contribution in [3.05, 3.63) is 164 Å². The number of para-hydroxylation sites is 3. The fraction of sp³-hybridized carbons (Fsp3) is 0. The zero-order chi connectivity index (χ0) is 30.9. The number of fused-ring (bicyclic) bond motifs is 9. The van der Waals surface area contributed by atoms with Gasteiger partial charge in [0, 0.05) is 58.7 Å². The summed E-state index contributed by atoms with van der Waals surface area (Å²) in [4.78, 5) is 2.39. The lowest BCUT2D eigenvalue weighted by Crippen LogP contribution is -2.10. The maximum atomic E-state index is 6.52. The standard InChI is InChI=1S/C44H27NOS/c1-2-14-29(15-3-1)45(40-22-10-13-28-12-4-5-16-31(28)40)30-24-25-34-39-27-38(32-17-6-7-19-37(32)44(39)47-42(34)26-30)36-21-11-20-35-33-18-8-9-23-41(33)46-43(35)36/h1-27H. The van der Waals surface area contributed by atoms with E-state index in [4.69, 9.17) is 4.42 Å². The summed E-state index contributed by atoms with van der Waals surface area (Å²) >= 11 is 1.88. The van der Waals surface area contributed by atoms with E-state index in [2.05, 4.69) is 163 Å². The number of thiophene rings is 1. The molecule has 47 heavy (non-hydrogen) atoms. The quantitative estimate of drug-likeness (QED) is 0.195. The topological polar surface area (TPSA) is 16.4 Å². The zero-order valence-corrected chi connectivity index (χ0v) is 26.2. The molecule has 10 rings (SSSR count). The van der Waals surface area contributed by atoms with Crippen LogP contribution in [0.25, 0.3) is 74.8 Å². The van der Waals surface area contributed by atoms with Gasteiger partial charge in [0.1, 0.15) is 11.2 Å². The fourth-order valence-electron chi connectivity index (χ4n) is 7.32.